The number of nitrogens with two attached hydrogens (primary N) is 1. The number of rotatable bonds is 6. The van der Waals surface area contributed by atoms with Crippen molar-refractivity contribution in [2.75, 3.05) is 13.7 Å². The minimum atomic E-state index is -0.424. The number of carbonyl (C=O) groups is 1. The number of hydrazine groups is 1. The molecule has 0 rings (SSSR count). The number of hydrogen-bond donors (Lipinski definition) is 3. The van der Waals surface area contributed by atoms with Gasteiger partial charge in [-0.05, 0) is 27.3 Å². The summed E-state index contributed by atoms with van der Waals surface area (Å²) in [5.41, 5.74) is 1.74. The van der Waals surface area contributed by atoms with E-state index in [0.717, 1.165) is 12.8 Å². The maximum atomic E-state index is 11.5. The summed E-state index contributed by atoms with van der Waals surface area (Å²) in [6, 6.07) is -0.290. The van der Waals surface area contributed by atoms with Gasteiger partial charge in [-0.1, -0.05) is 13.3 Å². The Bertz CT molecular complexity index is 207. The summed E-state index contributed by atoms with van der Waals surface area (Å²) in [4.78, 5) is 13.4. The Hall–Kier alpha value is -0.650. The molecule has 0 saturated heterocycles. The number of aliphatic hydroxyl groups excluding tert-OH is 1. The molecule has 90 valence electrons. The standard InChI is InChI=1S/C10H23N3O2/c1-5-6-8(9(15)12-11)13(4)10(2,3)7-14/h8,14H,5-7,11H2,1-4H3,(H,12,15). The zero-order valence-corrected chi connectivity index (χ0v) is 10.1. The van der Waals surface area contributed by atoms with Crippen LogP contribution >= 0.6 is 0 Å². The molecule has 0 aliphatic carbocycles. The lowest BCUT2D eigenvalue weighted by molar-refractivity contribution is -0.129. The van der Waals surface area contributed by atoms with Gasteiger partial charge in [0, 0.05) is 5.54 Å². The highest BCUT2D eigenvalue weighted by Crippen LogP contribution is 2.17. The summed E-state index contributed by atoms with van der Waals surface area (Å²) in [6.45, 7) is 5.79. The van der Waals surface area contributed by atoms with E-state index in [-0.39, 0.29) is 18.6 Å². The second kappa shape index (κ2) is 6.05. The van der Waals surface area contributed by atoms with E-state index in [1.165, 1.54) is 0 Å². The van der Waals surface area contributed by atoms with E-state index < -0.39 is 5.54 Å². The number of carbonyl (C=O) groups excluding carboxylic acids is 1. The monoisotopic (exact) mass is 217 g/mol. The molecular formula is C10H23N3O2. The lowest BCUT2D eigenvalue weighted by Crippen LogP contribution is -2.56. The van der Waals surface area contributed by atoms with Crippen molar-refractivity contribution in [3.05, 3.63) is 0 Å². The third-order valence-corrected chi connectivity index (χ3v) is 2.82. The van der Waals surface area contributed by atoms with Gasteiger partial charge in [-0.3, -0.25) is 15.1 Å². The molecule has 5 heteroatoms. The van der Waals surface area contributed by atoms with E-state index >= 15 is 0 Å². The van der Waals surface area contributed by atoms with Crippen LogP contribution in [0.3, 0.4) is 0 Å². The van der Waals surface area contributed by atoms with E-state index in [9.17, 15) is 9.90 Å². The molecule has 0 spiro atoms. The topological polar surface area (TPSA) is 78.6 Å². The molecule has 0 aliphatic heterocycles. The van der Waals surface area contributed by atoms with E-state index in [0.29, 0.717) is 0 Å². The Labute approximate surface area is 91.6 Å². The van der Waals surface area contributed by atoms with Crippen molar-refractivity contribution in [1.29, 1.82) is 0 Å². The first-order chi connectivity index (χ1) is 6.90. The molecule has 15 heavy (non-hydrogen) atoms. The van der Waals surface area contributed by atoms with Gasteiger partial charge in [0.05, 0.1) is 12.6 Å². The van der Waals surface area contributed by atoms with Gasteiger partial charge in [0.2, 0.25) is 0 Å². The summed E-state index contributed by atoms with van der Waals surface area (Å²) < 4.78 is 0. The van der Waals surface area contributed by atoms with Crippen molar-refractivity contribution in [3.63, 3.8) is 0 Å². The van der Waals surface area contributed by atoms with Gasteiger partial charge < -0.3 is 5.11 Å². The number of amides is 1. The van der Waals surface area contributed by atoms with Crippen LogP contribution in [0.5, 0.6) is 0 Å². The lowest BCUT2D eigenvalue weighted by Gasteiger charge is -2.38. The molecular weight excluding hydrogens is 194 g/mol. The molecule has 0 aromatic carbocycles. The van der Waals surface area contributed by atoms with Gasteiger partial charge in [0.15, 0.2) is 0 Å². The third-order valence-electron chi connectivity index (χ3n) is 2.82. The number of nitrogens with zero attached hydrogens (tertiary/aromatic N) is 1. The summed E-state index contributed by atoms with van der Waals surface area (Å²) in [6.07, 6.45) is 1.62. The minimum absolute atomic E-state index is 0.00155. The normalized spacial score (nSPS) is 14.1. The molecule has 0 fully saturated rings. The zero-order chi connectivity index (χ0) is 12.1. The van der Waals surface area contributed by atoms with Crippen molar-refractivity contribution in [3.8, 4) is 0 Å². The molecule has 0 radical (unpaired) electrons. The van der Waals surface area contributed by atoms with Crippen LogP contribution in [0.4, 0.5) is 0 Å². The molecule has 1 unspecified atom stereocenters. The SMILES string of the molecule is CCCC(C(=O)NN)N(C)C(C)(C)CO. The second-order valence-electron chi connectivity index (χ2n) is 4.39. The van der Waals surface area contributed by atoms with Crippen LogP contribution in [-0.2, 0) is 4.79 Å². The van der Waals surface area contributed by atoms with Crippen LogP contribution in [0.25, 0.3) is 0 Å². The van der Waals surface area contributed by atoms with Crippen LogP contribution in [-0.4, -0.2) is 41.1 Å². The molecule has 4 N–H and O–H groups in total. The summed E-state index contributed by atoms with van der Waals surface area (Å²) in [5.74, 6) is 4.93. The highest BCUT2D eigenvalue weighted by molar-refractivity contribution is 5.81. The van der Waals surface area contributed by atoms with Crippen molar-refractivity contribution >= 4 is 5.91 Å². The maximum absolute atomic E-state index is 11.5. The van der Waals surface area contributed by atoms with Crippen molar-refractivity contribution in [2.45, 2.75) is 45.2 Å². The fraction of sp³-hybridized carbons (Fsp3) is 0.900. The van der Waals surface area contributed by atoms with E-state index in [4.69, 9.17) is 5.84 Å². The average Bonchev–Trinajstić information content (AvgIpc) is 2.23. The van der Waals surface area contributed by atoms with E-state index in [1.807, 2.05) is 32.7 Å². The van der Waals surface area contributed by atoms with Crippen LogP contribution in [0, 0.1) is 0 Å². The molecule has 0 aromatic rings. The first-order valence-corrected chi connectivity index (χ1v) is 5.25. The molecule has 0 aromatic heterocycles. The molecule has 1 amide bonds. The van der Waals surface area contributed by atoms with Gasteiger partial charge in [0.25, 0.3) is 5.91 Å². The highest BCUT2D eigenvalue weighted by Gasteiger charge is 2.32. The first-order valence-electron chi connectivity index (χ1n) is 5.25. The zero-order valence-electron chi connectivity index (χ0n) is 10.1. The van der Waals surface area contributed by atoms with Gasteiger partial charge in [0.1, 0.15) is 0 Å². The van der Waals surface area contributed by atoms with Crippen molar-refractivity contribution in [2.24, 2.45) is 5.84 Å². The summed E-state index contributed by atoms with van der Waals surface area (Å²) >= 11 is 0. The number of nitrogens with one attached hydrogen (secondary N) is 1. The van der Waals surface area contributed by atoms with Gasteiger partial charge >= 0.3 is 0 Å². The van der Waals surface area contributed by atoms with Crippen LogP contribution in [0.1, 0.15) is 33.6 Å². The fourth-order valence-corrected chi connectivity index (χ4v) is 1.40. The van der Waals surface area contributed by atoms with Crippen LogP contribution in [0.15, 0.2) is 0 Å². The quantitative estimate of drug-likeness (QED) is 0.328. The second-order valence-corrected chi connectivity index (χ2v) is 4.39. The molecule has 0 saturated carbocycles. The smallest absolute Gasteiger partial charge is 0.251 e. The van der Waals surface area contributed by atoms with Crippen LogP contribution < -0.4 is 11.3 Å². The Morgan fingerprint density at radius 2 is 2.13 bits per heavy atom. The average molecular weight is 217 g/mol. The Balaban J connectivity index is 4.68. The number of hydrogen-bond acceptors (Lipinski definition) is 4. The highest BCUT2D eigenvalue weighted by atomic mass is 16.3. The number of likely N-dealkylation sites (N-methyl/N-ethyl adjacent to an activating group) is 1. The maximum Gasteiger partial charge on any atom is 0.251 e. The fourth-order valence-electron chi connectivity index (χ4n) is 1.40. The Morgan fingerprint density at radius 3 is 2.47 bits per heavy atom. The van der Waals surface area contributed by atoms with Gasteiger partial charge in [-0.15, -0.1) is 0 Å². The van der Waals surface area contributed by atoms with E-state index in [1.54, 1.807) is 0 Å². The van der Waals surface area contributed by atoms with Gasteiger partial charge in [-0.25, -0.2) is 5.84 Å². The molecule has 0 aliphatic rings. The summed E-state index contributed by atoms with van der Waals surface area (Å²) in [5, 5.41) is 9.23. The van der Waals surface area contributed by atoms with Crippen LogP contribution in [0.2, 0.25) is 0 Å². The lowest BCUT2D eigenvalue weighted by atomic mass is 9.99. The summed E-state index contributed by atoms with van der Waals surface area (Å²) in [7, 11) is 1.83. The largest absolute Gasteiger partial charge is 0.394 e. The minimum Gasteiger partial charge on any atom is -0.394 e. The van der Waals surface area contributed by atoms with E-state index in [2.05, 4.69) is 5.43 Å². The predicted molar refractivity (Wildman–Crippen MR) is 60.0 cm³/mol. The van der Waals surface area contributed by atoms with Crippen molar-refractivity contribution in [1.82, 2.24) is 10.3 Å². The van der Waals surface area contributed by atoms with Crippen molar-refractivity contribution < 1.29 is 9.90 Å². The first kappa shape index (κ1) is 14.3. The number of aliphatic hydroxyl groups is 1. The molecule has 0 heterocycles. The Kier molecular flexibility index (Phi) is 5.79. The Morgan fingerprint density at radius 1 is 1.60 bits per heavy atom. The van der Waals surface area contributed by atoms with Gasteiger partial charge in [-0.2, -0.15) is 0 Å². The molecule has 1 atom stereocenters. The molecule has 5 nitrogen and oxygen atoms in total. The molecule has 0 bridgehead atoms. The third kappa shape index (κ3) is 3.77. The predicted octanol–water partition coefficient (Wildman–Crippen LogP) is -0.152.